The second-order valence-electron chi connectivity index (χ2n) is 4.61. The fourth-order valence-corrected chi connectivity index (χ4v) is 2.44. The standard InChI is InChI=1S/C15H18N2OS/c1-11(2)17-14-8-4-3-7-13(14)15(18)16-10-12-6-5-9-19-12/h3-9,11,17H,10H2,1-2H3,(H,16,18). The van der Waals surface area contributed by atoms with Gasteiger partial charge < -0.3 is 10.6 Å². The van der Waals surface area contributed by atoms with E-state index in [9.17, 15) is 4.79 Å². The number of amides is 1. The van der Waals surface area contributed by atoms with Crippen LogP contribution in [0.15, 0.2) is 41.8 Å². The van der Waals surface area contributed by atoms with Gasteiger partial charge in [-0.15, -0.1) is 11.3 Å². The Labute approximate surface area is 117 Å². The van der Waals surface area contributed by atoms with E-state index in [2.05, 4.69) is 24.5 Å². The zero-order valence-electron chi connectivity index (χ0n) is 11.1. The van der Waals surface area contributed by atoms with E-state index in [4.69, 9.17) is 0 Å². The van der Waals surface area contributed by atoms with Crippen LogP contribution in [0.2, 0.25) is 0 Å². The molecule has 19 heavy (non-hydrogen) atoms. The lowest BCUT2D eigenvalue weighted by atomic mass is 10.1. The molecule has 1 aromatic carbocycles. The smallest absolute Gasteiger partial charge is 0.253 e. The molecule has 1 aromatic heterocycles. The Hall–Kier alpha value is -1.81. The van der Waals surface area contributed by atoms with Crippen LogP contribution in [0.1, 0.15) is 29.1 Å². The van der Waals surface area contributed by atoms with Crippen molar-refractivity contribution in [1.82, 2.24) is 5.32 Å². The summed E-state index contributed by atoms with van der Waals surface area (Å²) in [4.78, 5) is 13.4. The number of benzene rings is 1. The molecule has 100 valence electrons. The van der Waals surface area contributed by atoms with Crippen LogP contribution in [0.5, 0.6) is 0 Å². The van der Waals surface area contributed by atoms with Gasteiger partial charge in [0.1, 0.15) is 0 Å². The van der Waals surface area contributed by atoms with Crippen molar-refractivity contribution in [2.75, 3.05) is 5.32 Å². The van der Waals surface area contributed by atoms with Crippen molar-refractivity contribution in [3.8, 4) is 0 Å². The Balaban J connectivity index is 2.06. The van der Waals surface area contributed by atoms with Gasteiger partial charge in [0, 0.05) is 16.6 Å². The third-order valence-corrected chi connectivity index (χ3v) is 3.50. The first kappa shape index (κ1) is 13.6. The summed E-state index contributed by atoms with van der Waals surface area (Å²) in [6, 6.07) is 11.9. The van der Waals surface area contributed by atoms with Gasteiger partial charge in [-0.1, -0.05) is 18.2 Å². The first-order valence-corrected chi connectivity index (χ1v) is 7.21. The van der Waals surface area contributed by atoms with Crippen molar-refractivity contribution in [1.29, 1.82) is 0 Å². The second kappa shape index (κ2) is 6.38. The molecule has 1 amide bonds. The number of anilines is 1. The number of rotatable bonds is 5. The molecule has 0 atom stereocenters. The summed E-state index contributed by atoms with van der Waals surface area (Å²) in [5, 5.41) is 8.25. The maximum Gasteiger partial charge on any atom is 0.253 e. The van der Waals surface area contributed by atoms with E-state index in [1.54, 1.807) is 11.3 Å². The molecule has 0 fully saturated rings. The molecule has 2 N–H and O–H groups in total. The highest BCUT2D eigenvalue weighted by atomic mass is 32.1. The number of carbonyl (C=O) groups excluding carboxylic acids is 1. The lowest BCUT2D eigenvalue weighted by Gasteiger charge is -2.14. The Morgan fingerprint density at radius 3 is 2.68 bits per heavy atom. The maximum absolute atomic E-state index is 12.2. The monoisotopic (exact) mass is 274 g/mol. The van der Waals surface area contributed by atoms with Crippen LogP contribution in [0.25, 0.3) is 0 Å². The molecule has 0 unspecified atom stereocenters. The SMILES string of the molecule is CC(C)Nc1ccccc1C(=O)NCc1cccs1. The highest BCUT2D eigenvalue weighted by molar-refractivity contribution is 7.09. The lowest BCUT2D eigenvalue weighted by Crippen LogP contribution is -2.24. The van der Waals surface area contributed by atoms with Gasteiger partial charge in [0.2, 0.25) is 0 Å². The lowest BCUT2D eigenvalue weighted by molar-refractivity contribution is 0.0952. The van der Waals surface area contributed by atoms with Crippen molar-refractivity contribution in [3.63, 3.8) is 0 Å². The molecule has 0 bridgehead atoms. The van der Waals surface area contributed by atoms with Crippen LogP contribution in [-0.2, 0) is 6.54 Å². The summed E-state index contributed by atoms with van der Waals surface area (Å²) in [6.45, 7) is 4.69. The van der Waals surface area contributed by atoms with E-state index in [1.165, 1.54) is 0 Å². The van der Waals surface area contributed by atoms with E-state index in [1.807, 2.05) is 41.8 Å². The molecule has 0 radical (unpaired) electrons. The fourth-order valence-electron chi connectivity index (χ4n) is 1.79. The largest absolute Gasteiger partial charge is 0.382 e. The predicted octanol–water partition coefficient (Wildman–Crippen LogP) is 3.50. The van der Waals surface area contributed by atoms with Gasteiger partial charge in [-0.05, 0) is 37.4 Å². The third kappa shape index (κ3) is 3.83. The van der Waals surface area contributed by atoms with Gasteiger partial charge in [-0.2, -0.15) is 0 Å². The van der Waals surface area contributed by atoms with Crippen molar-refractivity contribution < 1.29 is 4.79 Å². The summed E-state index contributed by atoms with van der Waals surface area (Å²) < 4.78 is 0. The second-order valence-corrected chi connectivity index (χ2v) is 5.64. The number of hydrogen-bond acceptors (Lipinski definition) is 3. The third-order valence-electron chi connectivity index (χ3n) is 2.62. The van der Waals surface area contributed by atoms with E-state index < -0.39 is 0 Å². The van der Waals surface area contributed by atoms with E-state index in [0.717, 1.165) is 10.6 Å². The van der Waals surface area contributed by atoms with Crippen LogP contribution in [-0.4, -0.2) is 11.9 Å². The van der Waals surface area contributed by atoms with Crippen molar-refractivity contribution in [3.05, 3.63) is 52.2 Å². The summed E-state index contributed by atoms with van der Waals surface area (Å²) >= 11 is 1.64. The van der Waals surface area contributed by atoms with E-state index >= 15 is 0 Å². The molecule has 0 saturated heterocycles. The molecule has 3 nitrogen and oxygen atoms in total. The van der Waals surface area contributed by atoms with Gasteiger partial charge in [0.25, 0.3) is 5.91 Å². The van der Waals surface area contributed by atoms with Crippen LogP contribution >= 0.6 is 11.3 Å². The molecular formula is C15H18N2OS. The van der Waals surface area contributed by atoms with Gasteiger partial charge in [0.15, 0.2) is 0 Å². The number of para-hydroxylation sites is 1. The first-order chi connectivity index (χ1) is 9.16. The molecular weight excluding hydrogens is 256 g/mol. The number of carbonyl (C=O) groups is 1. The van der Waals surface area contributed by atoms with Gasteiger partial charge in [-0.25, -0.2) is 0 Å². The molecule has 4 heteroatoms. The zero-order chi connectivity index (χ0) is 13.7. The minimum atomic E-state index is -0.0443. The highest BCUT2D eigenvalue weighted by Crippen LogP contribution is 2.16. The molecule has 0 aliphatic carbocycles. The summed E-state index contributed by atoms with van der Waals surface area (Å²) in [5.74, 6) is -0.0443. The van der Waals surface area contributed by atoms with Crippen molar-refractivity contribution in [2.24, 2.45) is 0 Å². The fraction of sp³-hybridized carbons (Fsp3) is 0.267. The zero-order valence-corrected chi connectivity index (χ0v) is 12.0. The van der Waals surface area contributed by atoms with Gasteiger partial charge >= 0.3 is 0 Å². The molecule has 0 spiro atoms. The maximum atomic E-state index is 12.2. The number of thiophene rings is 1. The molecule has 1 heterocycles. The average molecular weight is 274 g/mol. The Bertz CT molecular complexity index is 535. The van der Waals surface area contributed by atoms with Gasteiger partial charge in [-0.3, -0.25) is 4.79 Å². The average Bonchev–Trinajstić information content (AvgIpc) is 2.89. The minimum Gasteiger partial charge on any atom is -0.382 e. The highest BCUT2D eigenvalue weighted by Gasteiger charge is 2.11. The Morgan fingerprint density at radius 2 is 2.00 bits per heavy atom. The minimum absolute atomic E-state index is 0.0443. The van der Waals surface area contributed by atoms with Crippen LogP contribution in [0.4, 0.5) is 5.69 Å². The molecule has 0 saturated carbocycles. The van der Waals surface area contributed by atoms with E-state index in [0.29, 0.717) is 18.2 Å². The summed E-state index contributed by atoms with van der Waals surface area (Å²) in [6.07, 6.45) is 0. The molecule has 0 aliphatic rings. The quantitative estimate of drug-likeness (QED) is 0.876. The normalized spacial score (nSPS) is 10.5. The van der Waals surface area contributed by atoms with Crippen molar-refractivity contribution in [2.45, 2.75) is 26.4 Å². The van der Waals surface area contributed by atoms with Gasteiger partial charge in [0.05, 0.1) is 12.1 Å². The Kier molecular flexibility index (Phi) is 4.58. The number of nitrogens with one attached hydrogen (secondary N) is 2. The van der Waals surface area contributed by atoms with Crippen LogP contribution in [0, 0.1) is 0 Å². The van der Waals surface area contributed by atoms with Crippen LogP contribution in [0.3, 0.4) is 0 Å². The number of hydrogen-bond donors (Lipinski definition) is 2. The van der Waals surface area contributed by atoms with E-state index in [-0.39, 0.29) is 5.91 Å². The Morgan fingerprint density at radius 1 is 1.21 bits per heavy atom. The molecule has 2 rings (SSSR count). The first-order valence-electron chi connectivity index (χ1n) is 6.33. The molecule has 2 aromatic rings. The predicted molar refractivity (Wildman–Crippen MR) is 80.7 cm³/mol. The summed E-state index contributed by atoms with van der Waals surface area (Å²) in [5.41, 5.74) is 1.56. The topological polar surface area (TPSA) is 41.1 Å². The molecule has 0 aliphatic heterocycles. The van der Waals surface area contributed by atoms with Crippen molar-refractivity contribution >= 4 is 22.9 Å². The van der Waals surface area contributed by atoms with Crippen LogP contribution < -0.4 is 10.6 Å². The summed E-state index contributed by atoms with van der Waals surface area (Å²) in [7, 11) is 0.